The summed E-state index contributed by atoms with van der Waals surface area (Å²) in [7, 11) is 0. The van der Waals surface area contributed by atoms with Crippen LogP contribution in [-0.2, 0) is 14.3 Å². The fraction of sp³-hybridized carbons (Fsp3) is 0.500. The van der Waals surface area contributed by atoms with Crippen molar-refractivity contribution in [3.63, 3.8) is 0 Å². The third kappa shape index (κ3) is 2.89. The standard InChI is InChI=1S/C12H14N4O3S2/c1-6(17)18-5-7-2-3-9(19-7)16-10-8(21-12(16)20)4-14-11(13)15-10/h4,7,9H,2-3,5H2,1H3,(H2,13,14,15)/t7-,9+/m0/s1. The fourth-order valence-corrected chi connectivity index (χ4v) is 3.62. The summed E-state index contributed by atoms with van der Waals surface area (Å²) in [6.45, 7) is 1.65. The fourth-order valence-electron chi connectivity index (χ4n) is 2.31. The third-order valence-electron chi connectivity index (χ3n) is 3.22. The molecule has 1 saturated heterocycles. The monoisotopic (exact) mass is 326 g/mol. The Morgan fingerprint density at radius 3 is 3.24 bits per heavy atom. The molecule has 0 spiro atoms. The molecular weight excluding hydrogens is 312 g/mol. The number of aromatic nitrogens is 3. The van der Waals surface area contributed by atoms with Crippen molar-refractivity contribution in [2.24, 2.45) is 0 Å². The van der Waals surface area contributed by atoms with Gasteiger partial charge in [-0.1, -0.05) is 0 Å². The number of nitrogens with zero attached hydrogens (tertiary/aromatic N) is 3. The van der Waals surface area contributed by atoms with E-state index in [4.69, 9.17) is 27.4 Å². The maximum atomic E-state index is 10.8. The van der Waals surface area contributed by atoms with E-state index in [1.54, 1.807) is 6.20 Å². The van der Waals surface area contributed by atoms with Gasteiger partial charge in [0.25, 0.3) is 0 Å². The van der Waals surface area contributed by atoms with Crippen LogP contribution in [0.2, 0.25) is 0 Å². The van der Waals surface area contributed by atoms with Crippen LogP contribution in [0.4, 0.5) is 5.95 Å². The highest BCUT2D eigenvalue weighted by Crippen LogP contribution is 2.33. The summed E-state index contributed by atoms with van der Waals surface area (Å²) in [4.78, 5) is 19.1. The first-order valence-corrected chi connectivity index (χ1v) is 7.69. The molecule has 2 N–H and O–H groups in total. The number of hydrogen-bond acceptors (Lipinski definition) is 8. The van der Waals surface area contributed by atoms with E-state index in [1.165, 1.54) is 18.3 Å². The van der Waals surface area contributed by atoms with Crippen molar-refractivity contribution >= 4 is 45.8 Å². The molecule has 2 aromatic heterocycles. The number of ether oxygens (including phenoxy) is 2. The van der Waals surface area contributed by atoms with Gasteiger partial charge >= 0.3 is 5.97 Å². The van der Waals surface area contributed by atoms with Gasteiger partial charge in [-0.2, -0.15) is 4.98 Å². The molecule has 0 aromatic carbocycles. The molecule has 3 heterocycles. The van der Waals surface area contributed by atoms with Gasteiger partial charge < -0.3 is 15.2 Å². The Bertz CT molecular complexity index is 742. The SMILES string of the molecule is CC(=O)OC[C@@H]1CC[C@H](n2c(=S)sc3cnc(N)nc32)O1. The van der Waals surface area contributed by atoms with Crippen LogP contribution in [0.15, 0.2) is 6.20 Å². The summed E-state index contributed by atoms with van der Waals surface area (Å²) in [5, 5.41) is 0. The van der Waals surface area contributed by atoms with Crippen LogP contribution in [0.3, 0.4) is 0 Å². The highest BCUT2D eigenvalue weighted by molar-refractivity contribution is 7.73. The van der Waals surface area contributed by atoms with Crippen LogP contribution in [0, 0.1) is 3.95 Å². The van der Waals surface area contributed by atoms with Crippen LogP contribution in [0.5, 0.6) is 0 Å². The minimum absolute atomic E-state index is 0.116. The number of nitrogens with two attached hydrogens (primary N) is 1. The Labute approximate surface area is 129 Å². The van der Waals surface area contributed by atoms with E-state index in [-0.39, 0.29) is 30.9 Å². The zero-order valence-corrected chi connectivity index (χ0v) is 12.9. The van der Waals surface area contributed by atoms with E-state index in [1.807, 2.05) is 4.57 Å². The first kappa shape index (κ1) is 14.4. The summed E-state index contributed by atoms with van der Waals surface area (Å²) in [6.07, 6.45) is 2.93. The normalized spacial score (nSPS) is 21.8. The summed E-state index contributed by atoms with van der Waals surface area (Å²) < 4.78 is 14.3. The number of nitrogen functional groups attached to an aromatic ring is 1. The van der Waals surface area contributed by atoms with Crippen molar-refractivity contribution in [3.05, 3.63) is 10.2 Å². The van der Waals surface area contributed by atoms with E-state index in [0.29, 0.717) is 9.60 Å². The molecule has 2 atom stereocenters. The summed E-state index contributed by atoms with van der Waals surface area (Å²) >= 11 is 6.81. The Hall–Kier alpha value is -1.58. The molecule has 0 bridgehead atoms. The van der Waals surface area contributed by atoms with Crippen LogP contribution in [0.25, 0.3) is 10.3 Å². The molecule has 1 fully saturated rings. The molecule has 112 valence electrons. The molecular formula is C12H14N4O3S2. The van der Waals surface area contributed by atoms with Gasteiger partial charge in [0.15, 0.2) is 9.60 Å². The first-order chi connectivity index (χ1) is 10.0. The molecule has 0 aliphatic carbocycles. The second-order valence-electron chi connectivity index (χ2n) is 4.75. The number of anilines is 1. The predicted molar refractivity (Wildman–Crippen MR) is 80.4 cm³/mol. The maximum Gasteiger partial charge on any atom is 0.302 e. The smallest absolute Gasteiger partial charge is 0.302 e. The number of thiazole rings is 1. The highest BCUT2D eigenvalue weighted by Gasteiger charge is 2.29. The van der Waals surface area contributed by atoms with E-state index < -0.39 is 0 Å². The van der Waals surface area contributed by atoms with Gasteiger partial charge in [0.05, 0.1) is 17.0 Å². The number of rotatable bonds is 3. The Kier molecular flexibility index (Phi) is 3.87. The molecule has 7 nitrogen and oxygen atoms in total. The van der Waals surface area contributed by atoms with Crippen molar-refractivity contribution in [1.29, 1.82) is 0 Å². The predicted octanol–water partition coefficient (Wildman–Crippen LogP) is 2.05. The highest BCUT2D eigenvalue weighted by atomic mass is 32.1. The van der Waals surface area contributed by atoms with Crippen LogP contribution in [0.1, 0.15) is 26.0 Å². The maximum absolute atomic E-state index is 10.8. The first-order valence-electron chi connectivity index (χ1n) is 6.47. The number of hydrogen-bond donors (Lipinski definition) is 1. The van der Waals surface area contributed by atoms with Crippen molar-refractivity contribution in [3.8, 4) is 0 Å². The number of esters is 1. The van der Waals surface area contributed by atoms with Crippen molar-refractivity contribution in [1.82, 2.24) is 14.5 Å². The van der Waals surface area contributed by atoms with E-state index in [2.05, 4.69) is 9.97 Å². The van der Waals surface area contributed by atoms with E-state index >= 15 is 0 Å². The lowest BCUT2D eigenvalue weighted by atomic mass is 10.2. The Balaban J connectivity index is 1.85. The number of fused-ring (bicyclic) bond motifs is 1. The molecule has 1 aliphatic rings. The van der Waals surface area contributed by atoms with Gasteiger partial charge in [0.1, 0.15) is 12.8 Å². The van der Waals surface area contributed by atoms with Gasteiger partial charge in [0.2, 0.25) is 5.95 Å². The van der Waals surface area contributed by atoms with E-state index in [9.17, 15) is 4.79 Å². The molecule has 2 aromatic rings. The second kappa shape index (κ2) is 5.66. The molecule has 3 rings (SSSR count). The zero-order chi connectivity index (χ0) is 15.0. The lowest BCUT2D eigenvalue weighted by molar-refractivity contribution is -0.145. The lowest BCUT2D eigenvalue weighted by Gasteiger charge is -2.15. The van der Waals surface area contributed by atoms with Crippen molar-refractivity contribution < 1.29 is 14.3 Å². The zero-order valence-electron chi connectivity index (χ0n) is 11.3. The van der Waals surface area contributed by atoms with Gasteiger partial charge in [-0.25, -0.2) is 4.98 Å². The van der Waals surface area contributed by atoms with Crippen molar-refractivity contribution in [2.45, 2.75) is 32.1 Å². The van der Waals surface area contributed by atoms with Crippen LogP contribution >= 0.6 is 23.6 Å². The lowest BCUT2D eigenvalue weighted by Crippen LogP contribution is -2.18. The second-order valence-corrected chi connectivity index (χ2v) is 6.42. The summed E-state index contributed by atoms with van der Waals surface area (Å²) in [6, 6.07) is 0. The molecule has 0 saturated carbocycles. The Morgan fingerprint density at radius 1 is 1.67 bits per heavy atom. The largest absolute Gasteiger partial charge is 0.463 e. The molecule has 0 unspecified atom stereocenters. The molecule has 1 aliphatic heterocycles. The minimum atomic E-state index is -0.305. The number of carbonyl (C=O) groups is 1. The van der Waals surface area contributed by atoms with Crippen LogP contribution in [-0.4, -0.2) is 33.2 Å². The summed E-state index contributed by atoms with van der Waals surface area (Å²) in [5.74, 6) is -0.0985. The molecule has 0 amide bonds. The van der Waals surface area contributed by atoms with Crippen LogP contribution < -0.4 is 5.73 Å². The van der Waals surface area contributed by atoms with Gasteiger partial charge in [-0.3, -0.25) is 9.36 Å². The van der Waals surface area contributed by atoms with Gasteiger partial charge in [-0.15, -0.1) is 11.3 Å². The molecule has 21 heavy (non-hydrogen) atoms. The van der Waals surface area contributed by atoms with E-state index in [0.717, 1.165) is 17.5 Å². The quantitative estimate of drug-likeness (QED) is 0.681. The molecule has 9 heteroatoms. The average Bonchev–Trinajstić information content (AvgIpc) is 2.99. The molecule has 0 radical (unpaired) electrons. The van der Waals surface area contributed by atoms with Gasteiger partial charge in [0, 0.05) is 6.92 Å². The van der Waals surface area contributed by atoms with Crippen molar-refractivity contribution in [2.75, 3.05) is 12.3 Å². The minimum Gasteiger partial charge on any atom is -0.463 e. The average molecular weight is 326 g/mol. The number of carbonyl (C=O) groups excluding carboxylic acids is 1. The van der Waals surface area contributed by atoms with Gasteiger partial charge in [-0.05, 0) is 25.1 Å². The topological polar surface area (TPSA) is 92.3 Å². The Morgan fingerprint density at radius 2 is 2.48 bits per heavy atom. The summed E-state index contributed by atoms with van der Waals surface area (Å²) in [5.41, 5.74) is 6.34. The third-order valence-corrected chi connectivity index (χ3v) is 4.55.